The van der Waals surface area contributed by atoms with Gasteiger partial charge in [-0.2, -0.15) is 0 Å². The van der Waals surface area contributed by atoms with Gasteiger partial charge in [0.1, 0.15) is 5.60 Å². The van der Waals surface area contributed by atoms with E-state index in [4.69, 9.17) is 19.0 Å². The molecule has 0 bridgehead atoms. The molecule has 1 aromatic carbocycles. The summed E-state index contributed by atoms with van der Waals surface area (Å²) in [5, 5.41) is 0. The Labute approximate surface area is 124 Å². The molecule has 2 heterocycles. The first kappa shape index (κ1) is 14.2. The predicted molar refractivity (Wildman–Crippen MR) is 79.1 cm³/mol. The van der Waals surface area contributed by atoms with Crippen LogP contribution in [0, 0.1) is 0 Å². The van der Waals surface area contributed by atoms with Gasteiger partial charge in [-0.1, -0.05) is 0 Å². The molecule has 5 heteroatoms. The lowest BCUT2D eigenvalue weighted by molar-refractivity contribution is -0.0373. The van der Waals surface area contributed by atoms with Crippen molar-refractivity contribution in [3.05, 3.63) is 29.8 Å². The Balaban J connectivity index is 1.86. The van der Waals surface area contributed by atoms with Crippen molar-refractivity contribution in [3.63, 3.8) is 0 Å². The number of benzene rings is 1. The quantitative estimate of drug-likeness (QED) is 0.923. The molecule has 1 aromatic rings. The van der Waals surface area contributed by atoms with Crippen molar-refractivity contribution in [1.82, 2.24) is 5.48 Å². The van der Waals surface area contributed by atoms with Crippen molar-refractivity contribution >= 4 is 5.70 Å². The summed E-state index contributed by atoms with van der Waals surface area (Å²) in [5.41, 5.74) is 4.62. The summed E-state index contributed by atoms with van der Waals surface area (Å²) < 4.78 is 16.6. The predicted octanol–water partition coefficient (Wildman–Crippen LogP) is 2.52. The smallest absolute Gasteiger partial charge is 0.161 e. The van der Waals surface area contributed by atoms with Gasteiger partial charge in [-0.3, -0.25) is 10.3 Å². The highest BCUT2D eigenvalue weighted by molar-refractivity contribution is 5.68. The largest absolute Gasteiger partial charge is 0.493 e. The standard InChI is InChI=1S/C16H21NO4/c1-11(2)20-14-5-4-12(8-15(14)18-3)13-9-16(21-17-13)6-7-19-10-16/h4-5,8-9,11,17H,6-7,10H2,1-3H3. The van der Waals surface area contributed by atoms with E-state index in [1.165, 1.54) is 0 Å². The average Bonchev–Trinajstić information content (AvgIpc) is 3.09. The summed E-state index contributed by atoms with van der Waals surface area (Å²) in [5.74, 6) is 1.46. The van der Waals surface area contributed by atoms with Crippen LogP contribution in [-0.4, -0.2) is 32.0 Å². The van der Waals surface area contributed by atoms with Crippen molar-refractivity contribution in [2.24, 2.45) is 0 Å². The Morgan fingerprint density at radius 1 is 1.29 bits per heavy atom. The molecule has 0 aliphatic carbocycles. The lowest BCUT2D eigenvalue weighted by Crippen LogP contribution is -2.29. The molecule has 1 saturated heterocycles. The monoisotopic (exact) mass is 291 g/mol. The molecule has 5 nitrogen and oxygen atoms in total. The van der Waals surface area contributed by atoms with Gasteiger partial charge in [0, 0.05) is 18.6 Å². The van der Waals surface area contributed by atoms with Gasteiger partial charge in [0.15, 0.2) is 11.5 Å². The highest BCUT2D eigenvalue weighted by Gasteiger charge is 2.39. The first-order valence-electron chi connectivity index (χ1n) is 7.21. The van der Waals surface area contributed by atoms with Gasteiger partial charge in [-0.25, -0.2) is 0 Å². The fourth-order valence-corrected chi connectivity index (χ4v) is 2.56. The molecule has 114 valence electrons. The van der Waals surface area contributed by atoms with Crippen molar-refractivity contribution in [2.45, 2.75) is 32.0 Å². The van der Waals surface area contributed by atoms with Crippen LogP contribution in [0.4, 0.5) is 0 Å². The first-order chi connectivity index (χ1) is 10.1. The van der Waals surface area contributed by atoms with Gasteiger partial charge in [-0.05, 0) is 38.1 Å². The van der Waals surface area contributed by atoms with Gasteiger partial charge in [0.25, 0.3) is 0 Å². The maximum absolute atomic E-state index is 5.73. The van der Waals surface area contributed by atoms with Crippen LogP contribution < -0.4 is 15.0 Å². The minimum atomic E-state index is -0.324. The van der Waals surface area contributed by atoms with Crippen LogP contribution in [0.25, 0.3) is 5.70 Å². The molecule has 1 unspecified atom stereocenters. The van der Waals surface area contributed by atoms with Crippen LogP contribution in [0.1, 0.15) is 25.8 Å². The SMILES string of the molecule is COc1cc(C2=CC3(CCOC3)ON2)ccc1OC(C)C. The molecule has 2 aliphatic heterocycles. The Hall–Kier alpha value is -1.72. The summed E-state index contributed by atoms with van der Waals surface area (Å²) in [7, 11) is 1.64. The van der Waals surface area contributed by atoms with Crippen molar-refractivity contribution in [3.8, 4) is 11.5 Å². The number of methoxy groups -OCH3 is 1. The number of hydroxylamine groups is 1. The Kier molecular flexibility index (Phi) is 3.78. The van der Waals surface area contributed by atoms with Crippen LogP contribution in [0.15, 0.2) is 24.3 Å². The van der Waals surface area contributed by atoms with Crippen molar-refractivity contribution in [1.29, 1.82) is 0 Å². The lowest BCUT2D eigenvalue weighted by atomic mass is 10.0. The topological polar surface area (TPSA) is 49.0 Å². The third-order valence-corrected chi connectivity index (χ3v) is 3.62. The van der Waals surface area contributed by atoms with E-state index in [0.717, 1.165) is 30.0 Å². The number of ether oxygens (including phenoxy) is 3. The van der Waals surface area contributed by atoms with E-state index in [-0.39, 0.29) is 11.7 Å². The van der Waals surface area contributed by atoms with E-state index < -0.39 is 0 Å². The first-order valence-corrected chi connectivity index (χ1v) is 7.21. The van der Waals surface area contributed by atoms with E-state index in [0.29, 0.717) is 12.4 Å². The molecule has 3 rings (SSSR count). The number of hydrogen-bond acceptors (Lipinski definition) is 5. The molecule has 0 aromatic heterocycles. The highest BCUT2D eigenvalue weighted by Crippen LogP contribution is 2.36. The number of hydrogen-bond donors (Lipinski definition) is 1. The molecule has 21 heavy (non-hydrogen) atoms. The average molecular weight is 291 g/mol. The summed E-state index contributed by atoms with van der Waals surface area (Å²) in [4.78, 5) is 5.70. The second-order valence-electron chi connectivity index (χ2n) is 5.66. The van der Waals surface area contributed by atoms with Gasteiger partial charge >= 0.3 is 0 Å². The van der Waals surface area contributed by atoms with Gasteiger partial charge < -0.3 is 14.2 Å². The van der Waals surface area contributed by atoms with Crippen LogP contribution in [0.5, 0.6) is 11.5 Å². The second kappa shape index (κ2) is 5.58. The fourth-order valence-electron chi connectivity index (χ4n) is 2.56. The normalized spacial score (nSPS) is 24.3. The van der Waals surface area contributed by atoms with E-state index in [2.05, 4.69) is 11.6 Å². The minimum absolute atomic E-state index is 0.107. The van der Waals surface area contributed by atoms with Crippen LogP contribution in [0.3, 0.4) is 0 Å². The van der Waals surface area contributed by atoms with E-state index in [9.17, 15) is 0 Å². The molecule has 0 radical (unpaired) electrons. The zero-order chi connectivity index (χ0) is 14.9. The van der Waals surface area contributed by atoms with Crippen molar-refractivity contribution < 1.29 is 19.0 Å². The highest BCUT2D eigenvalue weighted by atomic mass is 16.7. The van der Waals surface area contributed by atoms with E-state index in [1.807, 2.05) is 32.0 Å². The van der Waals surface area contributed by atoms with Gasteiger partial charge in [0.2, 0.25) is 0 Å². The second-order valence-corrected chi connectivity index (χ2v) is 5.66. The maximum Gasteiger partial charge on any atom is 0.161 e. The molecule has 1 atom stereocenters. The molecule has 1 N–H and O–H groups in total. The summed E-state index contributed by atoms with van der Waals surface area (Å²) in [6.45, 7) is 5.31. The third kappa shape index (κ3) is 2.84. The Morgan fingerprint density at radius 2 is 2.14 bits per heavy atom. The summed E-state index contributed by atoms with van der Waals surface area (Å²) >= 11 is 0. The molecule has 0 saturated carbocycles. The minimum Gasteiger partial charge on any atom is -0.493 e. The number of rotatable bonds is 4. The zero-order valence-electron chi connectivity index (χ0n) is 12.6. The third-order valence-electron chi connectivity index (χ3n) is 3.62. The van der Waals surface area contributed by atoms with Gasteiger partial charge in [0.05, 0.1) is 25.5 Å². The van der Waals surface area contributed by atoms with Crippen LogP contribution >= 0.6 is 0 Å². The van der Waals surface area contributed by atoms with Crippen LogP contribution in [-0.2, 0) is 9.57 Å². The van der Waals surface area contributed by atoms with E-state index in [1.54, 1.807) is 7.11 Å². The molecule has 2 aliphatic rings. The maximum atomic E-state index is 5.73. The van der Waals surface area contributed by atoms with Crippen molar-refractivity contribution in [2.75, 3.05) is 20.3 Å². The molecular formula is C16H21NO4. The Bertz CT molecular complexity index is 547. The summed E-state index contributed by atoms with van der Waals surface area (Å²) in [6, 6.07) is 5.87. The summed E-state index contributed by atoms with van der Waals surface area (Å²) in [6.07, 6.45) is 3.07. The van der Waals surface area contributed by atoms with E-state index >= 15 is 0 Å². The van der Waals surface area contributed by atoms with Gasteiger partial charge in [-0.15, -0.1) is 0 Å². The molecule has 1 spiro atoms. The molecule has 0 amide bonds. The zero-order valence-corrected chi connectivity index (χ0v) is 12.6. The fraction of sp³-hybridized carbons (Fsp3) is 0.500. The lowest BCUT2D eigenvalue weighted by Gasteiger charge is -2.15. The molecule has 1 fully saturated rings. The molecular weight excluding hydrogens is 270 g/mol. The Morgan fingerprint density at radius 3 is 2.81 bits per heavy atom. The van der Waals surface area contributed by atoms with Crippen LogP contribution in [0.2, 0.25) is 0 Å². The number of nitrogens with one attached hydrogen (secondary N) is 1.